The molecule has 0 heterocycles. The van der Waals surface area contributed by atoms with E-state index in [1.807, 2.05) is 6.92 Å². The molecule has 0 bridgehead atoms. The summed E-state index contributed by atoms with van der Waals surface area (Å²) in [6.45, 7) is 10.3. The van der Waals surface area contributed by atoms with Gasteiger partial charge in [-0.1, -0.05) is 44.6 Å². The van der Waals surface area contributed by atoms with Crippen molar-refractivity contribution in [2.75, 3.05) is 0 Å². The number of hydrogen-bond donors (Lipinski definition) is 0. The third kappa shape index (κ3) is 5.61. The summed E-state index contributed by atoms with van der Waals surface area (Å²) in [5.74, 6) is 0.710. The van der Waals surface area contributed by atoms with E-state index in [0.717, 1.165) is 5.57 Å². The zero-order chi connectivity index (χ0) is 7.98. The van der Waals surface area contributed by atoms with Crippen molar-refractivity contribution in [2.24, 2.45) is 5.92 Å². The van der Waals surface area contributed by atoms with Gasteiger partial charge in [0.1, 0.15) is 0 Å². The van der Waals surface area contributed by atoms with Crippen molar-refractivity contribution < 1.29 is 0 Å². The van der Waals surface area contributed by atoms with E-state index in [1.54, 1.807) is 0 Å². The molecule has 0 radical (unpaired) electrons. The van der Waals surface area contributed by atoms with E-state index < -0.39 is 0 Å². The molecule has 0 aliphatic carbocycles. The molecule has 0 heteroatoms. The van der Waals surface area contributed by atoms with Crippen LogP contribution in [0, 0.1) is 5.92 Å². The Morgan fingerprint density at radius 3 is 2.60 bits per heavy atom. The van der Waals surface area contributed by atoms with Crippen molar-refractivity contribution in [3.05, 3.63) is 24.3 Å². The first-order valence-electron chi connectivity index (χ1n) is 4.00. The summed E-state index contributed by atoms with van der Waals surface area (Å²) in [6, 6.07) is 0. The second-order valence-corrected chi connectivity index (χ2v) is 2.97. The molecule has 0 aliphatic rings. The van der Waals surface area contributed by atoms with Crippen molar-refractivity contribution in [3.8, 4) is 0 Å². The standard InChI is InChI=1S/C10H18/c1-5-6-10(4)8-7-9(2)3/h7-8,10H,2,5-6H2,1,3-4H3. The minimum atomic E-state index is 0.710. The van der Waals surface area contributed by atoms with Gasteiger partial charge in [-0.25, -0.2) is 0 Å². The molecule has 10 heavy (non-hydrogen) atoms. The van der Waals surface area contributed by atoms with Crippen molar-refractivity contribution in [1.82, 2.24) is 0 Å². The van der Waals surface area contributed by atoms with Crippen LogP contribution in [-0.2, 0) is 0 Å². The van der Waals surface area contributed by atoms with E-state index in [2.05, 4.69) is 32.6 Å². The van der Waals surface area contributed by atoms with E-state index >= 15 is 0 Å². The van der Waals surface area contributed by atoms with Crippen molar-refractivity contribution in [2.45, 2.75) is 33.6 Å². The average Bonchev–Trinajstić information content (AvgIpc) is 1.85. The molecule has 1 atom stereocenters. The van der Waals surface area contributed by atoms with E-state index in [9.17, 15) is 0 Å². The van der Waals surface area contributed by atoms with Crippen LogP contribution >= 0.6 is 0 Å². The summed E-state index contributed by atoms with van der Waals surface area (Å²) in [4.78, 5) is 0. The summed E-state index contributed by atoms with van der Waals surface area (Å²) in [5, 5.41) is 0. The molecule has 0 fully saturated rings. The second kappa shape index (κ2) is 5.28. The predicted octanol–water partition coefficient (Wildman–Crippen LogP) is 3.55. The Bertz CT molecular complexity index is 120. The van der Waals surface area contributed by atoms with Crippen LogP contribution in [0.5, 0.6) is 0 Å². The summed E-state index contributed by atoms with van der Waals surface area (Å²) < 4.78 is 0. The van der Waals surface area contributed by atoms with Gasteiger partial charge in [0.25, 0.3) is 0 Å². The van der Waals surface area contributed by atoms with Crippen LogP contribution in [0.4, 0.5) is 0 Å². The molecule has 0 saturated carbocycles. The van der Waals surface area contributed by atoms with Crippen LogP contribution in [0.15, 0.2) is 24.3 Å². The van der Waals surface area contributed by atoms with Gasteiger partial charge in [-0.2, -0.15) is 0 Å². The first-order valence-corrected chi connectivity index (χ1v) is 4.00. The highest BCUT2D eigenvalue weighted by molar-refractivity contribution is 5.11. The lowest BCUT2D eigenvalue weighted by molar-refractivity contribution is 0.634. The van der Waals surface area contributed by atoms with Gasteiger partial charge in [0.2, 0.25) is 0 Å². The van der Waals surface area contributed by atoms with Crippen molar-refractivity contribution >= 4 is 0 Å². The lowest BCUT2D eigenvalue weighted by Crippen LogP contribution is -1.86. The summed E-state index contributed by atoms with van der Waals surface area (Å²) in [5.41, 5.74) is 1.14. The zero-order valence-electron chi connectivity index (χ0n) is 7.35. The van der Waals surface area contributed by atoms with Gasteiger partial charge in [0.15, 0.2) is 0 Å². The summed E-state index contributed by atoms with van der Waals surface area (Å²) in [6.07, 6.45) is 6.87. The highest BCUT2D eigenvalue weighted by Gasteiger charge is 1.92. The van der Waals surface area contributed by atoms with Crippen LogP contribution < -0.4 is 0 Å². The molecular weight excluding hydrogens is 120 g/mol. The summed E-state index contributed by atoms with van der Waals surface area (Å²) >= 11 is 0. The Balaban J connectivity index is 3.55. The van der Waals surface area contributed by atoms with Crippen molar-refractivity contribution in [1.29, 1.82) is 0 Å². The van der Waals surface area contributed by atoms with E-state index in [0.29, 0.717) is 5.92 Å². The molecule has 0 aromatic heterocycles. The minimum Gasteiger partial charge on any atom is -0.0961 e. The van der Waals surface area contributed by atoms with Crippen molar-refractivity contribution in [3.63, 3.8) is 0 Å². The highest BCUT2D eigenvalue weighted by Crippen LogP contribution is 2.07. The average molecular weight is 138 g/mol. The molecule has 0 N–H and O–H groups in total. The fourth-order valence-corrected chi connectivity index (χ4v) is 0.880. The molecule has 0 nitrogen and oxygen atoms in total. The molecule has 0 saturated heterocycles. The van der Waals surface area contributed by atoms with Crippen LogP contribution in [0.25, 0.3) is 0 Å². The van der Waals surface area contributed by atoms with Crippen LogP contribution in [-0.4, -0.2) is 0 Å². The zero-order valence-corrected chi connectivity index (χ0v) is 7.35. The van der Waals surface area contributed by atoms with E-state index in [-0.39, 0.29) is 0 Å². The fraction of sp³-hybridized carbons (Fsp3) is 0.600. The Kier molecular flexibility index (Phi) is 5.00. The lowest BCUT2D eigenvalue weighted by Gasteiger charge is -2.01. The fourth-order valence-electron chi connectivity index (χ4n) is 0.880. The Morgan fingerprint density at radius 1 is 1.60 bits per heavy atom. The maximum atomic E-state index is 3.80. The SMILES string of the molecule is C=C(C)C=CC(C)CCC. The predicted molar refractivity (Wildman–Crippen MR) is 48.0 cm³/mol. The Hall–Kier alpha value is -0.520. The smallest absolute Gasteiger partial charge is 0.0259 e. The van der Waals surface area contributed by atoms with Gasteiger partial charge >= 0.3 is 0 Å². The second-order valence-electron chi connectivity index (χ2n) is 2.97. The number of hydrogen-bond acceptors (Lipinski definition) is 0. The normalized spacial score (nSPS) is 13.9. The van der Waals surface area contributed by atoms with Gasteiger partial charge < -0.3 is 0 Å². The van der Waals surface area contributed by atoms with Gasteiger partial charge in [-0.3, -0.25) is 0 Å². The van der Waals surface area contributed by atoms with Gasteiger partial charge in [-0.05, 0) is 19.3 Å². The number of allylic oxidation sites excluding steroid dienone is 3. The van der Waals surface area contributed by atoms with Gasteiger partial charge in [0.05, 0.1) is 0 Å². The quantitative estimate of drug-likeness (QED) is 0.521. The summed E-state index contributed by atoms with van der Waals surface area (Å²) in [7, 11) is 0. The molecule has 58 valence electrons. The molecular formula is C10H18. The molecule has 0 spiro atoms. The largest absolute Gasteiger partial charge is 0.0961 e. The first kappa shape index (κ1) is 9.48. The van der Waals surface area contributed by atoms with Gasteiger partial charge in [0, 0.05) is 0 Å². The molecule has 0 rings (SSSR count). The highest BCUT2D eigenvalue weighted by atomic mass is 14.0. The van der Waals surface area contributed by atoms with Gasteiger partial charge in [-0.15, -0.1) is 0 Å². The lowest BCUT2D eigenvalue weighted by atomic mass is 10.1. The molecule has 1 unspecified atom stereocenters. The minimum absolute atomic E-state index is 0.710. The molecule has 0 aromatic carbocycles. The van der Waals surface area contributed by atoms with E-state index in [1.165, 1.54) is 12.8 Å². The Morgan fingerprint density at radius 2 is 2.20 bits per heavy atom. The molecule has 0 aliphatic heterocycles. The monoisotopic (exact) mass is 138 g/mol. The maximum Gasteiger partial charge on any atom is -0.0259 e. The maximum absolute atomic E-state index is 3.80. The molecule has 0 amide bonds. The molecule has 0 aromatic rings. The van der Waals surface area contributed by atoms with Crippen LogP contribution in [0.1, 0.15) is 33.6 Å². The third-order valence-electron chi connectivity index (χ3n) is 1.45. The Labute approximate surface area is 64.6 Å². The topological polar surface area (TPSA) is 0 Å². The van der Waals surface area contributed by atoms with Crippen LogP contribution in [0.2, 0.25) is 0 Å². The van der Waals surface area contributed by atoms with E-state index in [4.69, 9.17) is 0 Å². The number of rotatable bonds is 4. The third-order valence-corrected chi connectivity index (χ3v) is 1.45. The van der Waals surface area contributed by atoms with Crippen LogP contribution in [0.3, 0.4) is 0 Å². The first-order chi connectivity index (χ1) is 4.66.